The van der Waals surface area contributed by atoms with Crippen LogP contribution in [0.15, 0.2) is 24.9 Å². The Morgan fingerprint density at radius 2 is 2.10 bits per heavy atom. The van der Waals surface area contributed by atoms with Gasteiger partial charge < -0.3 is 16.0 Å². The number of alkyl halides is 3. The van der Waals surface area contributed by atoms with Gasteiger partial charge in [0, 0.05) is 25.8 Å². The highest BCUT2D eigenvalue weighted by molar-refractivity contribution is 7.80. The second-order valence-corrected chi connectivity index (χ2v) is 4.72. The summed E-state index contributed by atoms with van der Waals surface area (Å²) in [4.78, 5) is 3.66. The fourth-order valence-corrected chi connectivity index (χ4v) is 1.73. The van der Waals surface area contributed by atoms with E-state index in [9.17, 15) is 13.2 Å². The van der Waals surface area contributed by atoms with Gasteiger partial charge in [-0.15, -0.1) is 6.58 Å². The van der Waals surface area contributed by atoms with E-state index < -0.39 is 11.7 Å². The van der Waals surface area contributed by atoms with E-state index in [1.165, 1.54) is 0 Å². The number of aromatic nitrogens is 1. The van der Waals surface area contributed by atoms with Crippen LogP contribution in [0.5, 0.6) is 0 Å². The summed E-state index contributed by atoms with van der Waals surface area (Å²) in [5.74, 6) is 0.191. The lowest BCUT2D eigenvalue weighted by Crippen LogP contribution is -2.37. The van der Waals surface area contributed by atoms with Gasteiger partial charge >= 0.3 is 6.18 Å². The van der Waals surface area contributed by atoms with E-state index in [-0.39, 0.29) is 10.8 Å². The average Bonchev–Trinajstić information content (AvgIpc) is 2.41. The second kappa shape index (κ2) is 8.04. The van der Waals surface area contributed by atoms with Gasteiger partial charge in [0.2, 0.25) is 0 Å². The minimum Gasteiger partial charge on any atom is -0.367 e. The monoisotopic (exact) mass is 338 g/mol. The molecule has 116 valence electrons. The smallest absolute Gasteiger partial charge is 0.367 e. The minimum atomic E-state index is -4.46. The molecule has 1 aromatic heterocycles. The first kappa shape index (κ1) is 17.5. The molecule has 0 radical (unpaired) electrons. The molecule has 3 N–H and O–H groups in total. The Balaban J connectivity index is 2.43. The standard InChI is InChI=1S/C12H14ClF3N4S/c1-2-3-18-11(21)19-5-4-17-10-9(13)6-8(7-20-10)12(14,15)16/h2,6-7H,1,3-5H2,(H,17,20)(H2,18,19,21). The third-order valence-corrected chi connectivity index (χ3v) is 2.86. The Hall–Kier alpha value is -1.54. The number of hydrogen-bond acceptors (Lipinski definition) is 3. The molecule has 21 heavy (non-hydrogen) atoms. The van der Waals surface area contributed by atoms with Crippen molar-refractivity contribution < 1.29 is 13.2 Å². The quantitative estimate of drug-likeness (QED) is 0.423. The summed E-state index contributed by atoms with van der Waals surface area (Å²) in [6, 6.07) is 0.834. The molecule has 0 unspecified atom stereocenters. The van der Waals surface area contributed by atoms with Crippen molar-refractivity contribution in [3.63, 3.8) is 0 Å². The highest BCUT2D eigenvalue weighted by Crippen LogP contribution is 2.32. The summed E-state index contributed by atoms with van der Waals surface area (Å²) in [6.45, 7) is 4.94. The topological polar surface area (TPSA) is 49.0 Å². The highest BCUT2D eigenvalue weighted by Gasteiger charge is 2.31. The number of nitrogens with zero attached hydrogens (tertiary/aromatic N) is 1. The molecule has 0 atom stereocenters. The zero-order valence-electron chi connectivity index (χ0n) is 10.9. The molecule has 0 aliphatic carbocycles. The summed E-state index contributed by atoms with van der Waals surface area (Å²) in [6.07, 6.45) is -2.06. The lowest BCUT2D eigenvalue weighted by Gasteiger charge is -2.12. The van der Waals surface area contributed by atoms with Crippen LogP contribution in [-0.2, 0) is 6.18 Å². The highest BCUT2D eigenvalue weighted by atomic mass is 35.5. The number of hydrogen-bond donors (Lipinski definition) is 3. The average molecular weight is 339 g/mol. The number of nitrogens with one attached hydrogen (secondary N) is 3. The molecule has 0 aromatic carbocycles. The maximum Gasteiger partial charge on any atom is 0.417 e. The molecule has 1 aromatic rings. The van der Waals surface area contributed by atoms with Crippen LogP contribution >= 0.6 is 23.8 Å². The van der Waals surface area contributed by atoms with Crippen molar-refractivity contribution in [2.24, 2.45) is 0 Å². The van der Waals surface area contributed by atoms with Crippen molar-refractivity contribution in [2.75, 3.05) is 25.0 Å². The largest absolute Gasteiger partial charge is 0.417 e. The molecule has 0 aliphatic rings. The SMILES string of the molecule is C=CCNC(=S)NCCNc1ncc(C(F)(F)F)cc1Cl. The van der Waals surface area contributed by atoms with Crippen molar-refractivity contribution >= 4 is 34.7 Å². The third-order valence-electron chi connectivity index (χ3n) is 2.28. The van der Waals surface area contributed by atoms with Crippen LogP contribution in [0.25, 0.3) is 0 Å². The first-order valence-corrected chi connectivity index (χ1v) is 6.72. The van der Waals surface area contributed by atoms with Crippen molar-refractivity contribution in [1.82, 2.24) is 15.6 Å². The fraction of sp³-hybridized carbons (Fsp3) is 0.333. The van der Waals surface area contributed by atoms with Gasteiger partial charge in [-0.3, -0.25) is 0 Å². The van der Waals surface area contributed by atoms with Gasteiger partial charge in [0.05, 0.1) is 10.6 Å². The van der Waals surface area contributed by atoms with Gasteiger partial charge in [-0.2, -0.15) is 13.2 Å². The van der Waals surface area contributed by atoms with Crippen LogP contribution in [-0.4, -0.2) is 29.7 Å². The second-order valence-electron chi connectivity index (χ2n) is 3.90. The van der Waals surface area contributed by atoms with E-state index in [0.717, 1.165) is 12.3 Å². The predicted octanol–water partition coefficient (Wildman–Crippen LogP) is 2.82. The number of halogens is 4. The van der Waals surface area contributed by atoms with Crippen molar-refractivity contribution in [3.05, 3.63) is 35.5 Å². The number of rotatable bonds is 6. The van der Waals surface area contributed by atoms with Crippen LogP contribution in [0, 0.1) is 0 Å². The summed E-state index contributed by atoms with van der Waals surface area (Å²) >= 11 is 10.7. The van der Waals surface area contributed by atoms with Crippen LogP contribution in [0.3, 0.4) is 0 Å². The van der Waals surface area contributed by atoms with Crippen LogP contribution in [0.4, 0.5) is 19.0 Å². The molecule has 1 heterocycles. The Morgan fingerprint density at radius 3 is 2.67 bits per heavy atom. The molecule has 0 aliphatic heterocycles. The molecule has 0 bridgehead atoms. The van der Waals surface area contributed by atoms with E-state index in [2.05, 4.69) is 27.5 Å². The molecule has 0 spiro atoms. The summed E-state index contributed by atoms with van der Waals surface area (Å²) in [5, 5.41) is 8.97. The first-order chi connectivity index (χ1) is 9.84. The molecule has 1 rings (SSSR count). The fourth-order valence-electron chi connectivity index (χ4n) is 1.31. The van der Waals surface area contributed by atoms with Gasteiger partial charge in [0.25, 0.3) is 0 Å². The van der Waals surface area contributed by atoms with Crippen LogP contribution in [0.2, 0.25) is 5.02 Å². The molecule has 0 amide bonds. The van der Waals surface area contributed by atoms with Gasteiger partial charge in [-0.25, -0.2) is 4.98 Å². The van der Waals surface area contributed by atoms with Gasteiger partial charge in [0.15, 0.2) is 5.11 Å². The Morgan fingerprint density at radius 1 is 1.38 bits per heavy atom. The predicted molar refractivity (Wildman–Crippen MR) is 81.5 cm³/mol. The molecule has 0 fully saturated rings. The van der Waals surface area contributed by atoms with E-state index in [1.807, 2.05) is 0 Å². The molecule has 9 heteroatoms. The lowest BCUT2D eigenvalue weighted by atomic mass is 10.3. The zero-order valence-corrected chi connectivity index (χ0v) is 12.5. The first-order valence-electron chi connectivity index (χ1n) is 5.94. The van der Waals surface area contributed by atoms with Crippen molar-refractivity contribution in [3.8, 4) is 0 Å². The molecular formula is C12H14ClF3N4S. The van der Waals surface area contributed by atoms with Gasteiger partial charge in [-0.1, -0.05) is 17.7 Å². The molecule has 4 nitrogen and oxygen atoms in total. The van der Waals surface area contributed by atoms with Crippen LogP contribution in [0.1, 0.15) is 5.56 Å². The summed E-state index contributed by atoms with van der Waals surface area (Å²) in [7, 11) is 0. The zero-order chi connectivity index (χ0) is 15.9. The number of thiocarbonyl (C=S) groups is 1. The Bertz CT molecular complexity index is 508. The number of anilines is 1. The minimum absolute atomic E-state index is 0.0859. The van der Waals surface area contributed by atoms with E-state index in [1.54, 1.807) is 6.08 Å². The van der Waals surface area contributed by atoms with Crippen LogP contribution < -0.4 is 16.0 Å². The maximum atomic E-state index is 12.4. The van der Waals surface area contributed by atoms with Crippen molar-refractivity contribution in [1.29, 1.82) is 0 Å². The Labute approximate surface area is 130 Å². The normalized spacial score (nSPS) is 10.9. The van der Waals surface area contributed by atoms with Gasteiger partial charge in [0.1, 0.15) is 5.82 Å². The van der Waals surface area contributed by atoms with Crippen molar-refractivity contribution in [2.45, 2.75) is 6.18 Å². The lowest BCUT2D eigenvalue weighted by molar-refractivity contribution is -0.137. The molecule has 0 saturated carbocycles. The Kier molecular flexibility index (Phi) is 6.70. The maximum absolute atomic E-state index is 12.4. The van der Waals surface area contributed by atoms with E-state index in [0.29, 0.717) is 24.7 Å². The van der Waals surface area contributed by atoms with Gasteiger partial charge in [-0.05, 0) is 18.3 Å². The van der Waals surface area contributed by atoms with E-state index in [4.69, 9.17) is 23.8 Å². The summed E-state index contributed by atoms with van der Waals surface area (Å²) in [5.41, 5.74) is -0.883. The molecular weight excluding hydrogens is 325 g/mol. The third kappa shape index (κ3) is 6.17. The summed E-state index contributed by atoms with van der Waals surface area (Å²) < 4.78 is 37.3. The molecule has 0 saturated heterocycles. The number of pyridine rings is 1. The van der Waals surface area contributed by atoms with E-state index >= 15 is 0 Å².